The fourth-order valence-corrected chi connectivity index (χ4v) is 1.14. The first-order valence-electron chi connectivity index (χ1n) is 4.29. The summed E-state index contributed by atoms with van der Waals surface area (Å²) in [6.45, 7) is 3.67. The molecule has 0 aromatic carbocycles. The highest BCUT2D eigenvalue weighted by Gasteiger charge is 2.19. The van der Waals surface area contributed by atoms with Crippen LogP contribution in [0.5, 0.6) is 0 Å². The van der Waals surface area contributed by atoms with Crippen LogP contribution in [0.3, 0.4) is 0 Å². The zero-order valence-electron chi connectivity index (χ0n) is 8.07. The Kier molecular flexibility index (Phi) is 3.32. The largest absolute Gasteiger partial charge is 0.505 e. The van der Waals surface area contributed by atoms with Crippen LogP contribution in [0.1, 0.15) is 23.0 Å². The fourth-order valence-electron chi connectivity index (χ4n) is 1.14. The Balaban J connectivity index is 2.92. The first-order valence-corrected chi connectivity index (χ1v) is 4.29. The van der Waals surface area contributed by atoms with E-state index in [1.165, 1.54) is 6.07 Å². The third-order valence-corrected chi connectivity index (χ3v) is 1.81. The summed E-state index contributed by atoms with van der Waals surface area (Å²) in [5, 5.41) is 17.7. The van der Waals surface area contributed by atoms with Gasteiger partial charge in [0.25, 0.3) is 0 Å². The normalized spacial score (nSPS) is 10.0. The Morgan fingerprint density at radius 3 is 2.71 bits per heavy atom. The van der Waals surface area contributed by atoms with Crippen molar-refractivity contribution in [2.24, 2.45) is 0 Å². The molecular formula is C8H12BNO4. The summed E-state index contributed by atoms with van der Waals surface area (Å²) in [5.74, 6) is -0.465. The van der Waals surface area contributed by atoms with Crippen molar-refractivity contribution < 1.29 is 19.6 Å². The monoisotopic (exact) mass is 197 g/mol. The number of aryl methyl sites for hydroxylation is 1. The number of aromatic nitrogens is 1. The molecule has 0 aliphatic heterocycles. The molecule has 3 N–H and O–H groups in total. The van der Waals surface area contributed by atoms with Gasteiger partial charge in [-0.1, -0.05) is 0 Å². The van der Waals surface area contributed by atoms with Crippen LogP contribution in [0.2, 0.25) is 0 Å². The average molecular weight is 197 g/mol. The Hall–Kier alpha value is -1.27. The number of hydrogen-bond donors (Lipinski definition) is 3. The molecule has 0 amide bonds. The molecule has 0 fully saturated rings. The highest BCUT2D eigenvalue weighted by molar-refractivity contribution is 6.57. The highest BCUT2D eigenvalue weighted by atomic mass is 16.5. The van der Waals surface area contributed by atoms with Crippen LogP contribution in [-0.4, -0.2) is 34.7 Å². The maximum absolute atomic E-state index is 11.3. The molecule has 0 radical (unpaired) electrons. The van der Waals surface area contributed by atoms with Crippen LogP contribution in [0.15, 0.2) is 6.07 Å². The van der Waals surface area contributed by atoms with E-state index in [9.17, 15) is 4.79 Å². The predicted octanol–water partition coefficient (Wildman–Crippen LogP) is -0.820. The van der Waals surface area contributed by atoms with Crippen LogP contribution in [0.25, 0.3) is 0 Å². The van der Waals surface area contributed by atoms with Crippen molar-refractivity contribution in [3.63, 3.8) is 0 Å². The molecular weight excluding hydrogens is 185 g/mol. The smallest absolute Gasteiger partial charge is 0.462 e. The van der Waals surface area contributed by atoms with Gasteiger partial charge in [0.2, 0.25) is 0 Å². The van der Waals surface area contributed by atoms with E-state index in [0.717, 1.165) is 0 Å². The van der Waals surface area contributed by atoms with Crippen molar-refractivity contribution in [3.8, 4) is 0 Å². The van der Waals surface area contributed by atoms with E-state index in [1.807, 2.05) is 0 Å². The second-order valence-electron chi connectivity index (χ2n) is 2.86. The minimum absolute atomic E-state index is 0.186. The minimum Gasteiger partial charge on any atom is -0.462 e. The van der Waals surface area contributed by atoms with Crippen molar-refractivity contribution in [1.82, 2.24) is 4.98 Å². The first kappa shape index (κ1) is 10.8. The fraction of sp³-hybridized carbons (Fsp3) is 0.375. The molecule has 1 aromatic heterocycles. The second-order valence-corrected chi connectivity index (χ2v) is 2.86. The number of H-pyrrole nitrogens is 1. The quantitative estimate of drug-likeness (QED) is 0.436. The van der Waals surface area contributed by atoms with Crippen molar-refractivity contribution >= 4 is 18.7 Å². The second kappa shape index (κ2) is 4.30. The molecule has 1 heterocycles. The zero-order valence-corrected chi connectivity index (χ0v) is 8.07. The van der Waals surface area contributed by atoms with Crippen molar-refractivity contribution in [2.75, 3.05) is 6.61 Å². The molecule has 14 heavy (non-hydrogen) atoms. The van der Waals surface area contributed by atoms with Gasteiger partial charge in [0.1, 0.15) is 0 Å². The predicted molar refractivity (Wildman–Crippen MR) is 51.3 cm³/mol. The van der Waals surface area contributed by atoms with E-state index in [1.54, 1.807) is 13.8 Å². The topological polar surface area (TPSA) is 82.6 Å². The molecule has 76 valence electrons. The summed E-state index contributed by atoms with van der Waals surface area (Å²) >= 11 is 0. The summed E-state index contributed by atoms with van der Waals surface area (Å²) in [6.07, 6.45) is 0. The SMILES string of the molecule is CCOC(=O)c1cc(B(O)O)[nH]c1C. The summed E-state index contributed by atoms with van der Waals surface area (Å²) < 4.78 is 4.78. The molecule has 0 unspecified atom stereocenters. The van der Waals surface area contributed by atoms with Crippen LogP contribution < -0.4 is 5.59 Å². The number of carbonyl (C=O) groups excluding carboxylic acids is 1. The van der Waals surface area contributed by atoms with Gasteiger partial charge in [-0.2, -0.15) is 0 Å². The van der Waals surface area contributed by atoms with Gasteiger partial charge in [-0.3, -0.25) is 0 Å². The molecule has 5 nitrogen and oxygen atoms in total. The lowest BCUT2D eigenvalue weighted by molar-refractivity contribution is 0.0526. The number of rotatable bonds is 3. The maximum atomic E-state index is 11.3. The van der Waals surface area contributed by atoms with E-state index < -0.39 is 13.1 Å². The van der Waals surface area contributed by atoms with E-state index in [4.69, 9.17) is 14.8 Å². The maximum Gasteiger partial charge on any atom is 0.505 e. The van der Waals surface area contributed by atoms with Crippen molar-refractivity contribution in [2.45, 2.75) is 13.8 Å². The van der Waals surface area contributed by atoms with E-state index in [0.29, 0.717) is 17.9 Å². The van der Waals surface area contributed by atoms with Crippen LogP contribution in [0.4, 0.5) is 0 Å². The van der Waals surface area contributed by atoms with Gasteiger partial charge in [-0.25, -0.2) is 4.79 Å². The molecule has 0 bridgehead atoms. The van der Waals surface area contributed by atoms with E-state index in [-0.39, 0.29) is 5.59 Å². The lowest BCUT2D eigenvalue weighted by Gasteiger charge is -1.98. The molecule has 0 saturated carbocycles. The van der Waals surface area contributed by atoms with Gasteiger partial charge < -0.3 is 19.8 Å². The van der Waals surface area contributed by atoms with Gasteiger partial charge in [0.05, 0.1) is 12.2 Å². The Morgan fingerprint density at radius 1 is 1.64 bits per heavy atom. The van der Waals surface area contributed by atoms with E-state index in [2.05, 4.69) is 4.98 Å². The summed E-state index contributed by atoms with van der Waals surface area (Å²) in [5.41, 5.74) is 1.08. The average Bonchev–Trinajstić information content (AvgIpc) is 2.48. The summed E-state index contributed by atoms with van der Waals surface area (Å²) in [6, 6.07) is 1.37. The van der Waals surface area contributed by atoms with E-state index >= 15 is 0 Å². The number of nitrogens with one attached hydrogen (secondary N) is 1. The van der Waals surface area contributed by atoms with Crippen LogP contribution in [0, 0.1) is 6.92 Å². The van der Waals surface area contributed by atoms with Crippen molar-refractivity contribution in [3.05, 3.63) is 17.3 Å². The molecule has 0 aliphatic carbocycles. The third-order valence-electron chi connectivity index (χ3n) is 1.81. The summed E-state index contributed by atoms with van der Waals surface area (Å²) in [7, 11) is -1.60. The molecule has 6 heteroatoms. The number of carbonyl (C=O) groups is 1. The third kappa shape index (κ3) is 2.15. The Morgan fingerprint density at radius 2 is 2.29 bits per heavy atom. The molecule has 0 atom stereocenters. The Bertz CT molecular complexity index is 334. The zero-order chi connectivity index (χ0) is 10.7. The number of esters is 1. The number of aromatic amines is 1. The van der Waals surface area contributed by atoms with Gasteiger partial charge >= 0.3 is 13.1 Å². The Labute approximate surface area is 81.9 Å². The lowest BCUT2D eigenvalue weighted by atomic mass is 9.86. The molecule has 1 rings (SSSR count). The van der Waals surface area contributed by atoms with Crippen LogP contribution in [-0.2, 0) is 4.74 Å². The summed E-state index contributed by atoms with van der Waals surface area (Å²) in [4.78, 5) is 14.0. The van der Waals surface area contributed by atoms with Gasteiger partial charge in [-0.05, 0) is 19.9 Å². The standard InChI is InChI=1S/C8H12BNO4/c1-3-14-8(11)6-4-7(9(12)13)10-5(6)2/h4,10,12-13H,3H2,1-2H3. The molecule has 0 aliphatic rings. The van der Waals surface area contributed by atoms with Crippen LogP contribution >= 0.6 is 0 Å². The van der Waals surface area contributed by atoms with Gasteiger partial charge in [0.15, 0.2) is 0 Å². The lowest BCUT2D eigenvalue weighted by Crippen LogP contribution is -2.30. The first-order chi connectivity index (χ1) is 6.56. The highest BCUT2D eigenvalue weighted by Crippen LogP contribution is 2.05. The minimum atomic E-state index is -1.60. The molecule has 0 spiro atoms. The van der Waals surface area contributed by atoms with Gasteiger partial charge in [0, 0.05) is 11.3 Å². The van der Waals surface area contributed by atoms with Crippen molar-refractivity contribution in [1.29, 1.82) is 0 Å². The van der Waals surface area contributed by atoms with Gasteiger partial charge in [-0.15, -0.1) is 0 Å². The molecule has 0 saturated heterocycles. The number of ether oxygens (including phenoxy) is 1. The number of hydrogen-bond acceptors (Lipinski definition) is 4. The molecule has 1 aromatic rings.